The van der Waals surface area contributed by atoms with E-state index in [1.165, 1.54) is 19.4 Å². The normalized spacial score (nSPS) is 19.1. The van der Waals surface area contributed by atoms with Gasteiger partial charge in [-0.25, -0.2) is 0 Å². The van der Waals surface area contributed by atoms with E-state index in [2.05, 4.69) is 20.0 Å². The number of nitrogens with zero attached hydrogens (tertiary/aromatic N) is 5. The quantitative estimate of drug-likeness (QED) is 0.813. The Morgan fingerprint density at radius 2 is 2.22 bits per heavy atom. The molecule has 1 unspecified atom stereocenters. The number of hydrogen-bond acceptors (Lipinski definition) is 5. The maximum atomic E-state index is 5.19. The Hall–Kier alpha value is -1.79. The van der Waals surface area contributed by atoms with Gasteiger partial charge in [-0.3, -0.25) is 14.6 Å². The summed E-state index contributed by atoms with van der Waals surface area (Å²) < 4.78 is 7.00. The van der Waals surface area contributed by atoms with Crippen LogP contribution in [-0.2, 0) is 18.2 Å². The van der Waals surface area contributed by atoms with E-state index in [1.807, 2.05) is 30.2 Å². The molecule has 1 fully saturated rings. The molecule has 1 atom stereocenters. The van der Waals surface area contributed by atoms with Crippen molar-refractivity contribution in [2.24, 2.45) is 13.0 Å². The molecule has 1 aliphatic heterocycles. The predicted octanol–water partition coefficient (Wildman–Crippen LogP) is 1.78. The van der Waals surface area contributed by atoms with Crippen LogP contribution < -0.4 is 0 Å². The first kappa shape index (κ1) is 16.1. The van der Waals surface area contributed by atoms with Crippen LogP contribution in [0.1, 0.15) is 18.5 Å². The first-order valence-electron chi connectivity index (χ1n) is 8.27. The second kappa shape index (κ2) is 7.66. The van der Waals surface area contributed by atoms with Gasteiger partial charge in [0.05, 0.1) is 24.2 Å². The largest absolute Gasteiger partial charge is 0.383 e. The van der Waals surface area contributed by atoms with E-state index in [0.717, 1.165) is 43.2 Å². The molecular formula is C17H25N5O. The number of aromatic nitrogens is 4. The highest BCUT2D eigenvalue weighted by molar-refractivity contribution is 5.52. The molecule has 3 rings (SSSR count). The minimum absolute atomic E-state index is 0.664. The molecule has 124 valence electrons. The van der Waals surface area contributed by atoms with E-state index < -0.39 is 0 Å². The molecule has 1 aliphatic rings. The Morgan fingerprint density at radius 1 is 1.30 bits per heavy atom. The highest BCUT2D eigenvalue weighted by Crippen LogP contribution is 2.20. The molecule has 2 aromatic rings. The van der Waals surface area contributed by atoms with Crippen molar-refractivity contribution in [3.05, 3.63) is 30.4 Å². The standard InChI is InChI=1S/C17H25N5O/c1-21-17(5-6-20-21)16-12-18-15(11-19-16)10-14-4-3-7-22(13-14)8-9-23-2/h5-6,11-12,14H,3-4,7-10,13H2,1-2H3. The van der Waals surface area contributed by atoms with Gasteiger partial charge in [-0.05, 0) is 37.8 Å². The highest BCUT2D eigenvalue weighted by atomic mass is 16.5. The van der Waals surface area contributed by atoms with Crippen LogP contribution in [0.3, 0.4) is 0 Å². The predicted molar refractivity (Wildman–Crippen MR) is 89.0 cm³/mol. The molecule has 6 nitrogen and oxygen atoms in total. The van der Waals surface area contributed by atoms with Gasteiger partial charge < -0.3 is 9.64 Å². The van der Waals surface area contributed by atoms with Gasteiger partial charge in [-0.1, -0.05) is 0 Å². The first-order valence-corrected chi connectivity index (χ1v) is 8.27. The Labute approximate surface area is 137 Å². The third kappa shape index (κ3) is 4.14. The van der Waals surface area contributed by atoms with E-state index in [0.29, 0.717) is 5.92 Å². The fraction of sp³-hybridized carbons (Fsp3) is 0.588. The number of aryl methyl sites for hydroxylation is 1. The molecule has 23 heavy (non-hydrogen) atoms. The fourth-order valence-electron chi connectivity index (χ4n) is 3.25. The van der Waals surface area contributed by atoms with Crippen molar-refractivity contribution in [2.45, 2.75) is 19.3 Å². The monoisotopic (exact) mass is 315 g/mol. The summed E-state index contributed by atoms with van der Waals surface area (Å²) in [7, 11) is 3.68. The Balaban J connectivity index is 1.59. The summed E-state index contributed by atoms with van der Waals surface area (Å²) in [5.74, 6) is 0.664. The summed E-state index contributed by atoms with van der Waals surface area (Å²) in [4.78, 5) is 11.7. The number of methoxy groups -OCH3 is 1. The number of rotatable bonds is 6. The van der Waals surface area contributed by atoms with Crippen molar-refractivity contribution < 1.29 is 4.74 Å². The van der Waals surface area contributed by atoms with Crippen molar-refractivity contribution >= 4 is 0 Å². The van der Waals surface area contributed by atoms with Crippen LogP contribution >= 0.6 is 0 Å². The molecule has 0 bridgehead atoms. The van der Waals surface area contributed by atoms with Crippen LogP contribution in [-0.4, -0.2) is 58.0 Å². The number of piperidine rings is 1. The third-order valence-electron chi connectivity index (χ3n) is 4.50. The minimum Gasteiger partial charge on any atom is -0.383 e. The summed E-state index contributed by atoms with van der Waals surface area (Å²) in [5.41, 5.74) is 2.95. The Morgan fingerprint density at radius 3 is 2.91 bits per heavy atom. The van der Waals surface area contributed by atoms with Crippen molar-refractivity contribution in [1.82, 2.24) is 24.6 Å². The van der Waals surface area contributed by atoms with Gasteiger partial charge in [0.15, 0.2) is 0 Å². The van der Waals surface area contributed by atoms with Crippen molar-refractivity contribution in [3.8, 4) is 11.4 Å². The fourth-order valence-corrected chi connectivity index (χ4v) is 3.25. The molecule has 6 heteroatoms. The summed E-state index contributed by atoms with van der Waals surface area (Å²) in [5, 5.41) is 4.17. The number of ether oxygens (including phenoxy) is 1. The van der Waals surface area contributed by atoms with Gasteiger partial charge in [0.1, 0.15) is 5.69 Å². The molecular weight excluding hydrogens is 290 g/mol. The molecule has 0 aliphatic carbocycles. The van der Waals surface area contributed by atoms with Crippen LogP contribution in [0, 0.1) is 5.92 Å². The summed E-state index contributed by atoms with van der Waals surface area (Å²) in [6.45, 7) is 4.16. The lowest BCUT2D eigenvalue weighted by Gasteiger charge is -2.32. The third-order valence-corrected chi connectivity index (χ3v) is 4.50. The molecule has 2 aromatic heterocycles. The van der Waals surface area contributed by atoms with Crippen LogP contribution in [0.25, 0.3) is 11.4 Å². The van der Waals surface area contributed by atoms with Crippen molar-refractivity contribution in [3.63, 3.8) is 0 Å². The first-order chi connectivity index (χ1) is 11.3. The zero-order valence-corrected chi connectivity index (χ0v) is 14.0. The Kier molecular flexibility index (Phi) is 5.35. The van der Waals surface area contributed by atoms with Gasteiger partial charge in [0, 0.05) is 39.6 Å². The van der Waals surface area contributed by atoms with Crippen molar-refractivity contribution in [1.29, 1.82) is 0 Å². The van der Waals surface area contributed by atoms with Crippen molar-refractivity contribution in [2.75, 3.05) is 33.4 Å². The molecule has 0 aromatic carbocycles. The Bertz CT molecular complexity index is 610. The van der Waals surface area contributed by atoms with Gasteiger partial charge in [-0.2, -0.15) is 5.10 Å². The molecule has 0 amide bonds. The number of hydrogen-bond donors (Lipinski definition) is 0. The van der Waals surface area contributed by atoms with Crippen LogP contribution in [0.2, 0.25) is 0 Å². The summed E-state index contributed by atoms with van der Waals surface area (Å²) in [6, 6.07) is 1.96. The van der Waals surface area contributed by atoms with Crippen LogP contribution in [0.15, 0.2) is 24.7 Å². The second-order valence-corrected chi connectivity index (χ2v) is 6.24. The maximum Gasteiger partial charge on any atom is 0.107 e. The lowest BCUT2D eigenvalue weighted by Crippen LogP contribution is -2.38. The van der Waals surface area contributed by atoms with Gasteiger partial charge in [0.25, 0.3) is 0 Å². The van der Waals surface area contributed by atoms with E-state index in [1.54, 1.807) is 13.3 Å². The maximum absolute atomic E-state index is 5.19. The summed E-state index contributed by atoms with van der Waals surface area (Å²) >= 11 is 0. The van der Waals surface area contributed by atoms with Gasteiger partial charge >= 0.3 is 0 Å². The minimum atomic E-state index is 0.664. The molecule has 3 heterocycles. The van der Waals surface area contributed by atoms with E-state index in [9.17, 15) is 0 Å². The zero-order chi connectivity index (χ0) is 16.1. The van der Waals surface area contributed by atoms with Crippen LogP contribution in [0.4, 0.5) is 0 Å². The molecule has 1 saturated heterocycles. The zero-order valence-electron chi connectivity index (χ0n) is 14.0. The van der Waals surface area contributed by atoms with Gasteiger partial charge in [0.2, 0.25) is 0 Å². The van der Waals surface area contributed by atoms with E-state index >= 15 is 0 Å². The SMILES string of the molecule is COCCN1CCCC(Cc2cnc(-c3ccnn3C)cn2)C1. The topological polar surface area (TPSA) is 56.1 Å². The lowest BCUT2D eigenvalue weighted by atomic mass is 9.93. The average molecular weight is 315 g/mol. The van der Waals surface area contributed by atoms with E-state index in [-0.39, 0.29) is 0 Å². The number of likely N-dealkylation sites (tertiary alicyclic amines) is 1. The van der Waals surface area contributed by atoms with Crippen LogP contribution in [0.5, 0.6) is 0 Å². The molecule has 0 radical (unpaired) electrons. The highest BCUT2D eigenvalue weighted by Gasteiger charge is 2.20. The van der Waals surface area contributed by atoms with Gasteiger partial charge in [-0.15, -0.1) is 0 Å². The van der Waals surface area contributed by atoms with E-state index in [4.69, 9.17) is 4.74 Å². The lowest BCUT2D eigenvalue weighted by molar-refractivity contribution is 0.114. The molecule has 0 spiro atoms. The smallest absolute Gasteiger partial charge is 0.107 e. The second-order valence-electron chi connectivity index (χ2n) is 6.24. The average Bonchev–Trinajstić information content (AvgIpc) is 3.00. The summed E-state index contributed by atoms with van der Waals surface area (Å²) in [6.07, 6.45) is 9.08. The molecule has 0 saturated carbocycles. The molecule has 0 N–H and O–H groups in total.